The molecule has 0 bridgehead atoms. The Morgan fingerprint density at radius 2 is 1.23 bits per heavy atom. The molecule has 4 rings (SSSR count). The Morgan fingerprint density at radius 1 is 0.725 bits per heavy atom. The molecule has 69 heavy (non-hydrogen) atoms. The van der Waals surface area contributed by atoms with Gasteiger partial charge in [0.2, 0.25) is 5.91 Å². The van der Waals surface area contributed by atoms with E-state index >= 15 is 8.78 Å². The Morgan fingerprint density at radius 3 is 1.68 bits per heavy atom. The molecule has 0 fully saturated rings. The summed E-state index contributed by atoms with van der Waals surface area (Å²) < 4.78 is 180. The number of ether oxygens (including phenoxy) is 2. The van der Waals surface area contributed by atoms with Gasteiger partial charge in [-0.2, -0.15) is 54.1 Å². The maximum Gasteiger partial charge on any atom is 0.407 e. The number of alkyl halides is 10. The third-order valence-corrected chi connectivity index (χ3v) is 10.9. The fourth-order valence-electron chi connectivity index (χ4n) is 6.48. The number of halogens is 12. The summed E-state index contributed by atoms with van der Waals surface area (Å²) in [7, 11) is 1.54. The highest BCUT2D eigenvalue weighted by Crippen LogP contribution is 2.42. The molecule has 0 saturated carbocycles. The summed E-state index contributed by atoms with van der Waals surface area (Å²) in [5, 5.41) is 25.1. The van der Waals surface area contributed by atoms with E-state index in [1.54, 1.807) is 10.6 Å². The van der Waals surface area contributed by atoms with Gasteiger partial charge in [-0.05, 0) is 63.4 Å². The largest absolute Gasteiger partial charge is 0.453 e. The first-order valence-electron chi connectivity index (χ1n) is 20.0. The van der Waals surface area contributed by atoms with Gasteiger partial charge in [-0.3, -0.25) is 15.0 Å². The molecule has 2 heterocycles. The molecule has 0 unspecified atom stereocenters. The van der Waals surface area contributed by atoms with Crippen molar-refractivity contribution in [1.82, 2.24) is 45.9 Å². The summed E-state index contributed by atoms with van der Waals surface area (Å²) in [6.45, 7) is -6.39. The molecule has 2 aromatic carbocycles. The summed E-state index contributed by atoms with van der Waals surface area (Å²) in [5.41, 5.74) is -5.28. The number of hydrazine groups is 1. The fourth-order valence-corrected chi connectivity index (χ4v) is 6.48. The Kier molecular flexibility index (Phi) is 17.4. The van der Waals surface area contributed by atoms with Crippen molar-refractivity contribution in [1.29, 1.82) is 0 Å². The van der Waals surface area contributed by atoms with Crippen molar-refractivity contribution in [3.63, 3.8) is 0 Å². The van der Waals surface area contributed by atoms with Gasteiger partial charge in [0, 0.05) is 42.2 Å². The van der Waals surface area contributed by atoms with Crippen LogP contribution in [0.25, 0.3) is 22.4 Å². The Hall–Kier alpha value is -6.58. The molecule has 5 N–H and O–H groups in total. The van der Waals surface area contributed by atoms with E-state index in [9.17, 15) is 68.2 Å². The number of rotatable bonds is 19. The lowest BCUT2D eigenvalue weighted by atomic mass is 9.82. The van der Waals surface area contributed by atoms with Gasteiger partial charge < -0.3 is 30.5 Å². The minimum Gasteiger partial charge on any atom is -0.453 e. The number of hydrogen-bond acceptors (Lipinski definition) is 10. The number of nitrogens with one attached hydrogen (secondary N) is 4. The Bertz CT molecular complexity index is 2400. The number of methoxy groups -OCH3 is 2. The van der Waals surface area contributed by atoms with E-state index in [0.29, 0.717) is 55.1 Å². The van der Waals surface area contributed by atoms with Crippen LogP contribution in [-0.2, 0) is 32.0 Å². The number of amides is 4. The first-order chi connectivity index (χ1) is 31.9. The molecular weight excluding hydrogens is 958 g/mol. The van der Waals surface area contributed by atoms with E-state index in [1.165, 1.54) is 24.3 Å². The van der Waals surface area contributed by atoms with E-state index in [-0.39, 0.29) is 27.1 Å². The molecule has 0 aliphatic heterocycles. The third kappa shape index (κ3) is 13.4. The van der Waals surface area contributed by atoms with Gasteiger partial charge in [0.15, 0.2) is 0 Å². The highest BCUT2D eigenvalue weighted by Gasteiger charge is 2.57. The predicted molar refractivity (Wildman–Crippen MR) is 216 cm³/mol. The van der Waals surface area contributed by atoms with Crippen LogP contribution in [0.5, 0.6) is 0 Å². The van der Waals surface area contributed by atoms with Crippen molar-refractivity contribution in [3.8, 4) is 22.4 Å². The summed E-state index contributed by atoms with van der Waals surface area (Å²) >= 11 is 0. The second kappa shape index (κ2) is 21.8. The van der Waals surface area contributed by atoms with Crippen LogP contribution in [-0.4, -0.2) is 111 Å². The molecular formula is C41H45F12N9O7. The quantitative estimate of drug-likeness (QED) is 0.0481. The number of hydrogen-bond donors (Lipinski definition) is 5. The third-order valence-electron chi connectivity index (χ3n) is 10.9. The molecule has 4 aromatic rings. The van der Waals surface area contributed by atoms with Gasteiger partial charge >= 0.3 is 37.6 Å². The number of benzene rings is 2. The molecule has 16 nitrogen and oxygen atoms in total. The second-order valence-corrected chi connectivity index (χ2v) is 16.4. The van der Waals surface area contributed by atoms with Crippen molar-refractivity contribution in [3.05, 3.63) is 83.8 Å². The van der Waals surface area contributed by atoms with E-state index in [0.717, 1.165) is 38.9 Å². The van der Waals surface area contributed by atoms with Crippen LogP contribution >= 0.6 is 0 Å². The van der Waals surface area contributed by atoms with Crippen molar-refractivity contribution in [2.45, 2.75) is 90.3 Å². The molecule has 0 aliphatic rings. The minimum absolute atomic E-state index is 0.156. The number of aliphatic hydroxyl groups is 1. The zero-order chi connectivity index (χ0) is 52.0. The van der Waals surface area contributed by atoms with E-state index < -0.39 is 121 Å². The highest BCUT2D eigenvalue weighted by atomic mass is 19.4. The molecule has 0 radical (unpaired) electrons. The lowest BCUT2D eigenvalue weighted by molar-refractivity contribution is -0.221. The first-order valence-corrected chi connectivity index (χ1v) is 20.0. The fraction of sp³-hybridized carbons (Fsp3) is 0.463. The summed E-state index contributed by atoms with van der Waals surface area (Å²) in [5.74, 6) is -6.25. The van der Waals surface area contributed by atoms with Crippen LogP contribution in [0.15, 0.2) is 61.1 Å². The van der Waals surface area contributed by atoms with Gasteiger partial charge in [-0.1, -0.05) is 24.3 Å². The number of carbonyl (C=O) groups excluding carboxylic acids is 4. The zero-order valence-electron chi connectivity index (χ0n) is 37.0. The number of nitrogens with zero attached hydrogens (tertiary/aromatic N) is 5. The number of alkyl carbamates (subject to hydrolysis) is 2. The average Bonchev–Trinajstić information content (AvgIpc) is 3.97. The number of aliphatic hydroxyl groups excluding tert-OH is 1. The summed E-state index contributed by atoms with van der Waals surface area (Å²) in [4.78, 5) is 52.2. The normalized spacial score (nSPS) is 14.3. The van der Waals surface area contributed by atoms with E-state index in [1.807, 2.05) is 5.43 Å². The summed E-state index contributed by atoms with van der Waals surface area (Å²) in [6.07, 6.45) is -13.4. The zero-order valence-corrected chi connectivity index (χ0v) is 37.0. The van der Waals surface area contributed by atoms with Crippen molar-refractivity contribution in [2.24, 2.45) is 10.8 Å². The summed E-state index contributed by atoms with van der Waals surface area (Å²) in [6, 6.07) is 0.726. The van der Waals surface area contributed by atoms with Gasteiger partial charge in [-0.25, -0.2) is 32.7 Å². The van der Waals surface area contributed by atoms with Crippen LogP contribution in [0.3, 0.4) is 0 Å². The molecule has 4 amide bonds. The standard InChI is InChI=1S/C41H45F12N9O7/c1-38(2,40(48,49)50)30(56-36(66)68-5)32(64)55-28(13-20-7-9-21(10-8-20)23-16-54-62(17-23)35(46)47)29(63)19-60(59-33(65)31(57-37(67)69-6)39(3,4)41(51,52)53)18-24-25(42)14-22(15-26(24)43)27-11-12-61(58-27)34(44)45/h7-12,14-17,28-31,34-35,63H,13,18-19H2,1-6H3,(H,55,64)(H,56,66)(H,57,67)(H,59,65)/t28-,29-,30+,31+/m0/s1. The number of carbonyl (C=O) groups is 4. The molecule has 2 aromatic heterocycles. The van der Waals surface area contributed by atoms with Gasteiger partial charge in [0.1, 0.15) is 23.7 Å². The molecule has 28 heteroatoms. The molecule has 0 spiro atoms. The molecule has 0 aliphatic carbocycles. The average molecular weight is 1000 g/mol. The molecule has 380 valence electrons. The lowest BCUT2D eigenvalue weighted by Crippen LogP contribution is -2.63. The first kappa shape index (κ1) is 55.0. The van der Waals surface area contributed by atoms with Crippen molar-refractivity contribution in [2.75, 3.05) is 20.8 Å². The van der Waals surface area contributed by atoms with Crippen LogP contribution in [0, 0.1) is 22.5 Å². The van der Waals surface area contributed by atoms with Crippen LogP contribution in [0.1, 0.15) is 51.9 Å². The predicted octanol–water partition coefficient (Wildman–Crippen LogP) is 7.03. The monoisotopic (exact) mass is 1000 g/mol. The van der Waals surface area contributed by atoms with Crippen LogP contribution < -0.4 is 21.4 Å². The van der Waals surface area contributed by atoms with Gasteiger partial charge in [0.05, 0.1) is 49.1 Å². The molecule has 4 atom stereocenters. The minimum atomic E-state index is -5.25. The van der Waals surface area contributed by atoms with Crippen molar-refractivity contribution >= 4 is 24.0 Å². The van der Waals surface area contributed by atoms with Crippen LogP contribution in [0.2, 0.25) is 0 Å². The van der Waals surface area contributed by atoms with E-state index in [4.69, 9.17) is 0 Å². The van der Waals surface area contributed by atoms with Gasteiger partial charge in [0.25, 0.3) is 5.91 Å². The lowest BCUT2D eigenvalue weighted by Gasteiger charge is -2.38. The maximum absolute atomic E-state index is 15.9. The topological polar surface area (TPSA) is 194 Å². The second-order valence-electron chi connectivity index (χ2n) is 16.4. The smallest absolute Gasteiger partial charge is 0.407 e. The van der Waals surface area contributed by atoms with E-state index in [2.05, 4.69) is 25.0 Å². The van der Waals surface area contributed by atoms with Crippen LogP contribution in [0.4, 0.5) is 62.3 Å². The SMILES string of the molecule is COC(=O)N[C@H](C(=O)N[C@@H](Cc1ccc(-c2cnn(C(F)F)c2)cc1)[C@@H](O)CN(Cc1c(F)cc(-c2ccn(C(F)F)n2)cc1F)NC(=O)[C@@H](NC(=O)OC)C(C)(C)C(F)(F)F)C(C)(C)C(F)(F)F. The maximum atomic E-state index is 15.9. The Balaban J connectivity index is 1.83. The Labute approximate surface area is 384 Å². The van der Waals surface area contributed by atoms with Gasteiger partial charge in [-0.15, -0.1) is 0 Å². The molecule has 0 saturated heterocycles. The van der Waals surface area contributed by atoms with Crippen molar-refractivity contribution < 1.29 is 86.4 Å². The number of aromatic nitrogens is 4. The highest BCUT2D eigenvalue weighted by molar-refractivity contribution is 5.87.